The van der Waals surface area contributed by atoms with Gasteiger partial charge < -0.3 is 33.7 Å². The zero-order chi connectivity index (χ0) is 32.1. The Morgan fingerprint density at radius 2 is 1.51 bits per heavy atom. The van der Waals surface area contributed by atoms with E-state index in [2.05, 4.69) is 21.2 Å². The number of dihydropyridines is 1. The highest BCUT2D eigenvalue weighted by atomic mass is 79.9. The number of hydrogen-bond donors (Lipinski definition) is 1. The first-order valence-corrected chi connectivity index (χ1v) is 15.3. The number of benzene rings is 3. The molecule has 0 bridgehead atoms. The van der Waals surface area contributed by atoms with E-state index in [9.17, 15) is 9.59 Å². The number of para-hydroxylation sites is 1. The molecule has 1 N–H and O–H groups in total. The number of carbonyl (C=O) groups is 2. The van der Waals surface area contributed by atoms with Crippen molar-refractivity contribution < 1.29 is 38.0 Å². The van der Waals surface area contributed by atoms with E-state index in [-0.39, 0.29) is 31.3 Å². The molecule has 0 aromatic heterocycles. The lowest BCUT2D eigenvalue weighted by molar-refractivity contribution is -0.140. The summed E-state index contributed by atoms with van der Waals surface area (Å²) in [6.45, 7) is 2.04. The van der Waals surface area contributed by atoms with Gasteiger partial charge >= 0.3 is 5.97 Å². The highest BCUT2D eigenvalue weighted by Gasteiger charge is 2.42. The van der Waals surface area contributed by atoms with E-state index in [4.69, 9.17) is 28.4 Å². The first kappa shape index (κ1) is 32.0. The molecule has 2 atom stereocenters. The number of nitrogens with one attached hydrogen (secondary N) is 1. The Morgan fingerprint density at radius 1 is 0.844 bits per heavy atom. The van der Waals surface area contributed by atoms with Gasteiger partial charge in [-0.3, -0.25) is 4.79 Å². The fourth-order valence-corrected chi connectivity index (χ4v) is 6.49. The molecule has 0 radical (unpaired) electrons. The van der Waals surface area contributed by atoms with Crippen molar-refractivity contribution in [1.29, 1.82) is 0 Å². The second-order valence-corrected chi connectivity index (χ2v) is 11.5. The maximum absolute atomic E-state index is 14.1. The third-order valence-corrected chi connectivity index (χ3v) is 8.76. The van der Waals surface area contributed by atoms with Crippen LogP contribution in [-0.2, 0) is 14.3 Å². The maximum Gasteiger partial charge on any atom is 0.336 e. The van der Waals surface area contributed by atoms with Gasteiger partial charge in [0.15, 0.2) is 28.8 Å². The van der Waals surface area contributed by atoms with Crippen molar-refractivity contribution in [2.75, 3.05) is 41.7 Å². The van der Waals surface area contributed by atoms with E-state index in [0.29, 0.717) is 62.0 Å². The summed E-state index contributed by atoms with van der Waals surface area (Å²) in [5.74, 6) is 1.47. The monoisotopic (exact) mass is 677 g/mol. The quantitative estimate of drug-likeness (QED) is 0.181. The predicted molar refractivity (Wildman–Crippen MR) is 172 cm³/mol. The molecular weight excluding hydrogens is 642 g/mol. The molecule has 9 nitrogen and oxygen atoms in total. The first-order chi connectivity index (χ1) is 21.8. The number of esters is 1. The van der Waals surface area contributed by atoms with Crippen molar-refractivity contribution in [1.82, 2.24) is 5.32 Å². The molecule has 0 amide bonds. The second-order valence-electron chi connectivity index (χ2n) is 10.7. The summed E-state index contributed by atoms with van der Waals surface area (Å²) in [6, 6.07) is 18.6. The molecule has 3 aromatic rings. The Balaban J connectivity index is 1.50. The molecule has 45 heavy (non-hydrogen) atoms. The highest BCUT2D eigenvalue weighted by molar-refractivity contribution is 9.10. The fraction of sp³-hybridized carbons (Fsp3) is 0.314. The number of carbonyl (C=O) groups excluding carboxylic acids is 2. The number of ether oxygens (including phenoxy) is 6. The normalized spacial score (nSPS) is 17.7. The lowest BCUT2D eigenvalue weighted by Gasteiger charge is -2.37. The van der Waals surface area contributed by atoms with Crippen molar-refractivity contribution in [2.45, 2.75) is 31.6 Å². The second kappa shape index (κ2) is 14.1. The molecule has 1 heterocycles. The average molecular weight is 679 g/mol. The largest absolute Gasteiger partial charge is 0.493 e. The molecule has 1 aliphatic heterocycles. The van der Waals surface area contributed by atoms with Gasteiger partial charge in [0.1, 0.15) is 19.0 Å². The number of Topliss-reactive ketones (excluding diaryl/α,β-unsaturated/α-hetero) is 1. The Bertz CT molecular complexity index is 1650. The van der Waals surface area contributed by atoms with Crippen LogP contribution in [0, 0.1) is 0 Å². The molecule has 0 saturated heterocycles. The summed E-state index contributed by atoms with van der Waals surface area (Å²) in [4.78, 5) is 27.9. The third-order valence-electron chi connectivity index (χ3n) is 8.07. The van der Waals surface area contributed by atoms with Gasteiger partial charge in [0.05, 0.1) is 34.0 Å². The topological polar surface area (TPSA) is 102 Å². The lowest BCUT2D eigenvalue weighted by Crippen LogP contribution is -2.36. The minimum absolute atomic E-state index is 0.0333. The molecule has 5 rings (SSSR count). The zero-order valence-electron chi connectivity index (χ0n) is 25.9. The molecule has 1 aliphatic carbocycles. The third kappa shape index (κ3) is 6.66. The number of allylic oxidation sites excluding steroid dienone is 3. The van der Waals surface area contributed by atoms with E-state index in [1.807, 2.05) is 55.5 Å². The number of ketones is 1. The molecule has 10 heteroatoms. The van der Waals surface area contributed by atoms with Crippen LogP contribution in [-0.4, -0.2) is 53.4 Å². The van der Waals surface area contributed by atoms with Crippen molar-refractivity contribution in [3.63, 3.8) is 0 Å². The van der Waals surface area contributed by atoms with E-state index < -0.39 is 11.9 Å². The highest BCUT2D eigenvalue weighted by Crippen LogP contribution is 2.49. The summed E-state index contributed by atoms with van der Waals surface area (Å²) < 4.78 is 34.1. The number of hydrogen-bond acceptors (Lipinski definition) is 9. The number of halogens is 1. The minimum Gasteiger partial charge on any atom is -0.493 e. The summed E-state index contributed by atoms with van der Waals surface area (Å²) in [5.41, 5.74) is 3.89. The Labute approximate surface area is 271 Å². The molecule has 0 spiro atoms. The van der Waals surface area contributed by atoms with Crippen molar-refractivity contribution in [3.05, 3.63) is 98.8 Å². The lowest BCUT2D eigenvalue weighted by atomic mass is 9.71. The first-order valence-electron chi connectivity index (χ1n) is 14.5. The average Bonchev–Trinajstić information content (AvgIpc) is 3.05. The van der Waals surface area contributed by atoms with Crippen molar-refractivity contribution >= 4 is 27.7 Å². The van der Waals surface area contributed by atoms with Crippen LogP contribution in [0.1, 0.15) is 42.7 Å². The van der Waals surface area contributed by atoms with Crippen LogP contribution in [0.3, 0.4) is 0 Å². The summed E-state index contributed by atoms with van der Waals surface area (Å²) in [7, 11) is 6.28. The van der Waals surface area contributed by atoms with Crippen LogP contribution in [0.5, 0.6) is 28.7 Å². The van der Waals surface area contributed by atoms with Gasteiger partial charge in [0.2, 0.25) is 0 Å². The van der Waals surface area contributed by atoms with Crippen LogP contribution in [0.25, 0.3) is 0 Å². The van der Waals surface area contributed by atoms with Gasteiger partial charge in [-0.1, -0.05) is 40.2 Å². The molecule has 0 unspecified atom stereocenters. The molecule has 236 valence electrons. The molecule has 0 fully saturated rings. The molecule has 0 saturated carbocycles. The van der Waals surface area contributed by atoms with Gasteiger partial charge in [0.25, 0.3) is 0 Å². The standard InChI is InChI=1S/C35H36BrNO8/c1-20-32(35(39)45-14-13-44-23-9-7-6-8-10-23)33(24-18-30(42-4)31(43-5)19-25(24)36)34-26(37-20)15-22(16-27(34)38)21-11-12-28(40-2)29(17-21)41-3/h6-12,17-19,22,33,37H,13-16H2,1-5H3/t22-,33+/m1/s1. The van der Waals surface area contributed by atoms with Crippen LogP contribution < -0.4 is 29.0 Å². The Hall–Kier alpha value is -4.44. The maximum atomic E-state index is 14.1. The summed E-state index contributed by atoms with van der Waals surface area (Å²) >= 11 is 3.68. The minimum atomic E-state index is -0.711. The van der Waals surface area contributed by atoms with Gasteiger partial charge in [-0.25, -0.2) is 4.79 Å². The number of methoxy groups -OCH3 is 4. The smallest absolute Gasteiger partial charge is 0.336 e. The van der Waals surface area contributed by atoms with Gasteiger partial charge in [-0.15, -0.1) is 0 Å². The van der Waals surface area contributed by atoms with E-state index >= 15 is 0 Å². The fourth-order valence-electron chi connectivity index (χ4n) is 5.94. The van der Waals surface area contributed by atoms with Crippen molar-refractivity contribution in [2.24, 2.45) is 0 Å². The van der Waals surface area contributed by atoms with E-state index in [1.54, 1.807) is 40.6 Å². The predicted octanol–water partition coefficient (Wildman–Crippen LogP) is 6.47. The Morgan fingerprint density at radius 3 is 2.20 bits per heavy atom. The zero-order valence-corrected chi connectivity index (χ0v) is 27.5. The van der Waals surface area contributed by atoms with E-state index in [0.717, 1.165) is 11.3 Å². The van der Waals surface area contributed by atoms with Gasteiger partial charge in [-0.05, 0) is 66.8 Å². The SMILES string of the molecule is COc1ccc([C@H]2CC(=O)C3=C(C2)NC(C)=C(C(=O)OCCOc2ccccc2)[C@@H]3c2cc(OC)c(OC)cc2Br)cc1OC. The number of rotatable bonds is 11. The van der Waals surface area contributed by atoms with Crippen LogP contribution in [0.2, 0.25) is 0 Å². The van der Waals surface area contributed by atoms with Crippen LogP contribution in [0.4, 0.5) is 0 Å². The van der Waals surface area contributed by atoms with Crippen molar-refractivity contribution in [3.8, 4) is 28.7 Å². The summed E-state index contributed by atoms with van der Waals surface area (Å²) in [6.07, 6.45) is 0.812. The Kier molecular flexibility index (Phi) is 10.0. The van der Waals surface area contributed by atoms with Crippen LogP contribution in [0.15, 0.2) is 87.7 Å². The van der Waals surface area contributed by atoms with E-state index in [1.165, 1.54) is 0 Å². The molecular formula is C35H36BrNO8. The van der Waals surface area contributed by atoms with Crippen LogP contribution >= 0.6 is 15.9 Å². The van der Waals surface area contributed by atoms with Gasteiger partial charge in [-0.2, -0.15) is 0 Å². The van der Waals surface area contributed by atoms with Gasteiger partial charge in [0, 0.05) is 33.8 Å². The molecule has 2 aliphatic rings. The molecule has 3 aromatic carbocycles. The summed E-state index contributed by atoms with van der Waals surface area (Å²) in [5, 5.41) is 3.40.